The first kappa shape index (κ1) is 40.5. The van der Waals surface area contributed by atoms with Gasteiger partial charge in [-0.2, -0.15) is 0 Å². The fraction of sp³-hybridized carbons (Fsp3) is 0.417. The Morgan fingerprint density at radius 3 is 1.45 bits per heavy atom. The molecule has 10 heterocycles. The van der Waals surface area contributed by atoms with Crippen LogP contribution in [0.5, 0.6) is 0 Å². The summed E-state index contributed by atoms with van der Waals surface area (Å²) >= 11 is 3.19. The van der Waals surface area contributed by atoms with E-state index in [1.807, 2.05) is 48.5 Å². The van der Waals surface area contributed by atoms with Crippen molar-refractivity contribution in [2.24, 2.45) is 0 Å². The van der Waals surface area contributed by atoms with Crippen molar-refractivity contribution in [2.75, 3.05) is 36.0 Å². The number of benzene rings is 2. The van der Waals surface area contributed by atoms with Crippen LogP contribution in [-0.2, 0) is 11.2 Å². The third kappa shape index (κ3) is 6.40. The van der Waals surface area contributed by atoms with Crippen LogP contribution in [0.25, 0.3) is 31.5 Å². The Morgan fingerprint density at radius 2 is 1.03 bits per heavy atom. The number of thiophene rings is 2. The summed E-state index contributed by atoms with van der Waals surface area (Å²) in [4.78, 5) is 15.4. The highest BCUT2D eigenvalue weighted by atomic mass is 32.1. The second-order valence-corrected chi connectivity index (χ2v) is 20.3. The van der Waals surface area contributed by atoms with Gasteiger partial charge in [-0.25, -0.2) is 19.0 Å². The summed E-state index contributed by atoms with van der Waals surface area (Å²) in [6, 6.07) is 27.1. The molecule has 12 rings (SSSR count). The van der Waals surface area contributed by atoms with Crippen molar-refractivity contribution >= 4 is 65.8 Å². The first-order valence-corrected chi connectivity index (χ1v) is 24.4. The van der Waals surface area contributed by atoms with Gasteiger partial charge in [0.25, 0.3) is 0 Å². The lowest BCUT2D eigenvalue weighted by Gasteiger charge is -2.37. The minimum Gasteiger partial charge on any atom is -0.388 e. The number of hydrogen-bond acceptors (Lipinski definition) is 14. The van der Waals surface area contributed by atoms with Crippen LogP contribution in [0.15, 0.2) is 97.3 Å². The van der Waals surface area contributed by atoms with Crippen LogP contribution in [-0.4, -0.2) is 112 Å². The molecule has 0 spiro atoms. The molecule has 0 aliphatic carbocycles. The molecule has 0 radical (unpaired) electrons. The average molecular weight is 897 g/mol. The van der Waals surface area contributed by atoms with Crippen LogP contribution in [0.3, 0.4) is 0 Å². The highest BCUT2D eigenvalue weighted by Gasteiger charge is 2.48. The molecule has 4 aliphatic heterocycles. The van der Waals surface area contributed by atoms with Crippen molar-refractivity contribution in [3.63, 3.8) is 0 Å². The van der Waals surface area contributed by atoms with Crippen molar-refractivity contribution in [1.29, 1.82) is 0 Å². The summed E-state index contributed by atoms with van der Waals surface area (Å²) < 4.78 is 5.76. The summed E-state index contributed by atoms with van der Waals surface area (Å²) in [6.07, 6.45) is 7.93. The second-order valence-electron chi connectivity index (χ2n) is 18.1. The number of aliphatic hydroxyl groups excluding tert-OH is 2. The van der Waals surface area contributed by atoms with Crippen molar-refractivity contribution in [1.82, 2.24) is 39.8 Å². The number of anilines is 2. The van der Waals surface area contributed by atoms with E-state index in [0.29, 0.717) is 60.2 Å². The maximum atomic E-state index is 12.9. The molecule has 330 valence electrons. The van der Waals surface area contributed by atoms with Crippen molar-refractivity contribution in [3.05, 3.63) is 118 Å². The highest BCUT2D eigenvalue weighted by Crippen LogP contribution is 2.44. The number of nitrogens with one attached hydrogen (secondary N) is 2. The number of nitrogens with zero attached hydrogens (tertiary/aromatic N) is 8. The minimum absolute atomic E-state index is 0.218. The monoisotopic (exact) mass is 896 g/mol. The molecule has 4 saturated heterocycles. The predicted molar refractivity (Wildman–Crippen MR) is 250 cm³/mol. The minimum atomic E-state index is -1.38. The van der Waals surface area contributed by atoms with Crippen molar-refractivity contribution in [2.45, 2.75) is 98.9 Å². The van der Waals surface area contributed by atoms with Gasteiger partial charge in [0.2, 0.25) is 0 Å². The van der Waals surface area contributed by atoms with Crippen LogP contribution >= 0.6 is 22.7 Å². The van der Waals surface area contributed by atoms with Crippen molar-refractivity contribution < 1.29 is 20.4 Å². The van der Waals surface area contributed by atoms with E-state index in [2.05, 4.69) is 56.8 Å². The Morgan fingerprint density at radius 1 is 0.578 bits per heavy atom. The highest BCUT2D eigenvalue weighted by molar-refractivity contribution is 7.19. The molecular weight excluding hydrogens is 845 g/mol. The Balaban J connectivity index is 0.842. The number of rotatable bonds is 11. The van der Waals surface area contributed by atoms with Gasteiger partial charge in [-0.15, -0.1) is 32.9 Å². The SMILES string of the molecule is OC(C(O)C1CCCN1c1ccc2ncc(C(O)(c3cc4ccccc4s3)[C@H]3CCCN3)n2n1)C1CCCN1c1ccc2ncc(C(O)(c3cc4ccccc4s3)[C@@H]3CCCN3)n2n1. The van der Waals surface area contributed by atoms with E-state index >= 15 is 0 Å². The molecule has 16 heteroatoms. The van der Waals surface area contributed by atoms with Gasteiger partial charge in [0.15, 0.2) is 22.5 Å². The predicted octanol–water partition coefficient (Wildman–Crippen LogP) is 5.54. The van der Waals surface area contributed by atoms with Crippen LogP contribution in [0, 0.1) is 0 Å². The lowest BCUT2D eigenvalue weighted by molar-refractivity contribution is -0.00856. The Hall–Kier alpha value is -5.04. The van der Waals surface area contributed by atoms with E-state index in [4.69, 9.17) is 20.2 Å². The average Bonchev–Trinajstić information content (AvgIpc) is 4.18. The third-order valence-corrected chi connectivity index (χ3v) is 17.0. The molecule has 6 N–H and O–H groups in total. The van der Waals surface area contributed by atoms with E-state index in [1.165, 1.54) is 0 Å². The first-order chi connectivity index (χ1) is 31.3. The molecular formula is C48H52N10O4S2. The summed E-state index contributed by atoms with van der Waals surface area (Å²) in [5.41, 5.74) is -0.309. The van der Waals surface area contributed by atoms with Crippen LogP contribution in [0.1, 0.15) is 72.5 Å². The summed E-state index contributed by atoms with van der Waals surface area (Å²) in [7, 11) is 0. The largest absolute Gasteiger partial charge is 0.388 e. The zero-order chi connectivity index (χ0) is 43.2. The molecule has 8 aromatic rings. The molecule has 4 fully saturated rings. The fourth-order valence-electron chi connectivity index (χ4n) is 11.2. The Labute approximate surface area is 377 Å². The van der Waals surface area contributed by atoms with E-state index in [-0.39, 0.29) is 12.1 Å². The lowest BCUT2D eigenvalue weighted by Crippen LogP contribution is -2.53. The molecule has 6 unspecified atom stereocenters. The number of aliphatic hydroxyl groups is 4. The molecule has 4 aliphatic rings. The Kier molecular flexibility index (Phi) is 10.0. The van der Waals surface area contributed by atoms with Gasteiger partial charge in [-0.1, -0.05) is 36.4 Å². The van der Waals surface area contributed by atoms with E-state index in [1.54, 1.807) is 44.1 Å². The normalized spacial score (nSPS) is 24.7. The van der Waals surface area contributed by atoms with Crippen molar-refractivity contribution in [3.8, 4) is 0 Å². The van der Waals surface area contributed by atoms with E-state index in [0.717, 1.165) is 81.5 Å². The van der Waals surface area contributed by atoms with Crippen LogP contribution < -0.4 is 20.4 Å². The molecule has 0 amide bonds. The standard InChI is InChI=1S/C48H52N10O4S2/c59-45(31-11-7-23-55(31)43-19-17-41-51-27-37(57(41)53-43)47(61,35-15-5-21-49-35)39-25-29-9-1-3-13-33(29)63-39)46(60)32-12-8-24-56(32)44-20-18-42-52-28-38(58(42)54-44)48(62,36-16-6-22-50-36)40-26-30-10-2-4-14-34(30)64-40/h1-4,9-10,13-14,17-20,25-28,31-32,35-36,45-46,49-50,59-62H,5-8,11-12,15-16,21-24H2/t31?,32?,35-,36+,45?,46?,47?,48?. The summed E-state index contributed by atoms with van der Waals surface area (Å²) in [5.74, 6) is 1.31. The zero-order valence-corrected chi connectivity index (χ0v) is 37.0. The topological polar surface area (TPSA) is 172 Å². The van der Waals surface area contributed by atoms with Gasteiger partial charge in [0.1, 0.15) is 35.2 Å². The number of aromatic nitrogens is 6. The molecule has 6 aromatic heterocycles. The first-order valence-electron chi connectivity index (χ1n) is 22.8. The Bertz CT molecular complexity index is 2730. The maximum absolute atomic E-state index is 12.9. The summed E-state index contributed by atoms with van der Waals surface area (Å²) in [6.45, 7) is 2.98. The molecule has 0 saturated carbocycles. The van der Waals surface area contributed by atoms with Gasteiger partial charge in [-0.3, -0.25) is 0 Å². The second kappa shape index (κ2) is 15.8. The van der Waals surface area contributed by atoms with Gasteiger partial charge in [0.05, 0.1) is 24.5 Å². The van der Waals surface area contributed by atoms with Gasteiger partial charge in [0, 0.05) is 44.3 Å². The van der Waals surface area contributed by atoms with Gasteiger partial charge in [-0.05, 0) is 124 Å². The molecule has 0 bridgehead atoms. The van der Waals surface area contributed by atoms with E-state index < -0.39 is 35.5 Å². The van der Waals surface area contributed by atoms with Gasteiger partial charge >= 0.3 is 0 Å². The zero-order valence-electron chi connectivity index (χ0n) is 35.4. The number of fused-ring (bicyclic) bond motifs is 4. The summed E-state index contributed by atoms with van der Waals surface area (Å²) in [5, 5.41) is 69.8. The van der Waals surface area contributed by atoms with Crippen LogP contribution in [0.4, 0.5) is 11.6 Å². The van der Waals surface area contributed by atoms with Crippen LogP contribution in [0.2, 0.25) is 0 Å². The third-order valence-electron chi connectivity index (χ3n) is 14.5. The molecule has 2 aromatic carbocycles. The quantitative estimate of drug-likeness (QED) is 0.0961. The van der Waals surface area contributed by atoms with E-state index in [9.17, 15) is 20.4 Å². The smallest absolute Gasteiger partial charge is 0.157 e. The molecule has 8 atom stereocenters. The fourth-order valence-corrected chi connectivity index (χ4v) is 13.7. The van der Waals surface area contributed by atoms with Gasteiger partial charge < -0.3 is 40.9 Å². The molecule has 14 nitrogen and oxygen atoms in total. The number of imidazole rings is 2. The maximum Gasteiger partial charge on any atom is 0.157 e. The molecule has 64 heavy (non-hydrogen) atoms. The number of hydrogen-bond donors (Lipinski definition) is 6. The lowest BCUT2D eigenvalue weighted by atomic mass is 9.88.